The lowest BCUT2D eigenvalue weighted by Crippen LogP contribution is -2.35. The van der Waals surface area contributed by atoms with E-state index in [-0.39, 0.29) is 11.6 Å². The van der Waals surface area contributed by atoms with Gasteiger partial charge in [-0.25, -0.2) is 18.0 Å². The summed E-state index contributed by atoms with van der Waals surface area (Å²) in [5.41, 5.74) is 6.31. The minimum Gasteiger partial charge on any atom is -0.742 e. The molecule has 0 aliphatic carbocycles. The Hall–Kier alpha value is -2.06. The Morgan fingerprint density at radius 2 is 1.89 bits per heavy atom. The van der Waals surface area contributed by atoms with Crippen molar-refractivity contribution in [3.8, 4) is 17.0 Å². The minimum atomic E-state index is -4.64. The van der Waals surface area contributed by atoms with Crippen LogP contribution in [0.15, 0.2) is 29.3 Å². The molecule has 7 nitrogen and oxygen atoms in total. The molecule has 1 aromatic carbocycles. The number of hydrogen-bond acceptors (Lipinski definition) is 5. The highest BCUT2D eigenvalue weighted by molar-refractivity contribution is 7.85. The van der Waals surface area contributed by atoms with Gasteiger partial charge in [0.1, 0.15) is 5.75 Å². The number of ether oxygens (including phenoxy) is 1. The van der Waals surface area contributed by atoms with Gasteiger partial charge in [0.2, 0.25) is 5.03 Å². The van der Waals surface area contributed by atoms with Crippen LogP contribution in [0.3, 0.4) is 0 Å². The fourth-order valence-electron chi connectivity index (χ4n) is 1.79. The molecule has 8 heteroatoms. The van der Waals surface area contributed by atoms with Gasteiger partial charge in [0, 0.05) is 5.56 Å². The van der Waals surface area contributed by atoms with Gasteiger partial charge in [0.05, 0.1) is 14.2 Å². The summed E-state index contributed by atoms with van der Waals surface area (Å²) in [6, 6.07) is 6.60. The van der Waals surface area contributed by atoms with Crippen molar-refractivity contribution in [2.45, 2.75) is 5.03 Å². The molecular formula is C11H13N3O4S. The first-order valence-electron chi connectivity index (χ1n) is 5.32. The summed E-state index contributed by atoms with van der Waals surface area (Å²) in [7, 11) is -1.71. The molecule has 19 heavy (non-hydrogen) atoms. The number of aromatic nitrogens is 2. The number of rotatable bonds is 3. The van der Waals surface area contributed by atoms with Gasteiger partial charge in [0.25, 0.3) is 0 Å². The van der Waals surface area contributed by atoms with E-state index in [4.69, 9.17) is 10.5 Å². The van der Waals surface area contributed by atoms with E-state index in [0.29, 0.717) is 11.3 Å². The Bertz CT molecular complexity index is 704. The first kappa shape index (κ1) is 13.4. The number of anilines is 1. The Morgan fingerprint density at radius 3 is 2.37 bits per heavy atom. The highest BCUT2D eigenvalue weighted by Crippen LogP contribution is 2.26. The van der Waals surface area contributed by atoms with Crippen LogP contribution in [0.2, 0.25) is 0 Å². The standard InChI is InChI=1S/C11H13N3O4S/c1-14-10(19(15,16)17)9(13-11(14)12)7-3-5-8(18-2)6-4-7/h3-6H,1-2H3,(H3,12,13,15,16,17). The third kappa shape index (κ3) is 2.40. The van der Waals surface area contributed by atoms with Crippen LogP contribution in [0.4, 0.5) is 5.95 Å². The molecule has 0 saturated carbocycles. The van der Waals surface area contributed by atoms with Gasteiger partial charge in [-0.05, 0) is 24.3 Å². The SMILES string of the molecule is COc1ccc(-c2[nH]c(N)[n+](C)c2S(=O)(=O)[O-])cc1. The molecule has 0 bridgehead atoms. The van der Waals surface area contributed by atoms with Crippen LogP contribution in [0, 0.1) is 0 Å². The Labute approximate surface area is 110 Å². The normalized spacial score (nSPS) is 11.5. The third-order valence-corrected chi connectivity index (χ3v) is 3.70. The molecule has 0 aliphatic heterocycles. The number of nitrogen functional groups attached to an aromatic ring is 1. The van der Waals surface area contributed by atoms with Crippen molar-refractivity contribution in [1.29, 1.82) is 0 Å². The van der Waals surface area contributed by atoms with Crippen molar-refractivity contribution in [2.24, 2.45) is 7.05 Å². The lowest BCUT2D eigenvalue weighted by Gasteiger charge is -2.07. The molecule has 2 rings (SSSR count). The van der Waals surface area contributed by atoms with E-state index in [2.05, 4.69) is 4.98 Å². The number of nitrogens with one attached hydrogen (secondary N) is 1. The van der Waals surface area contributed by atoms with Gasteiger partial charge in [-0.15, -0.1) is 0 Å². The Kier molecular flexibility index (Phi) is 3.21. The first-order chi connectivity index (χ1) is 8.84. The number of imidazole rings is 1. The van der Waals surface area contributed by atoms with Crippen molar-refractivity contribution in [2.75, 3.05) is 12.8 Å². The molecule has 0 aliphatic rings. The van der Waals surface area contributed by atoms with E-state index in [1.165, 1.54) is 14.2 Å². The summed E-state index contributed by atoms with van der Waals surface area (Å²) >= 11 is 0. The Balaban J connectivity index is 2.65. The summed E-state index contributed by atoms with van der Waals surface area (Å²) in [6.45, 7) is 0. The van der Waals surface area contributed by atoms with E-state index in [1.807, 2.05) is 0 Å². The second-order valence-electron chi connectivity index (χ2n) is 3.93. The average molecular weight is 283 g/mol. The maximum Gasteiger partial charge on any atom is 0.353 e. The van der Waals surface area contributed by atoms with Crippen molar-refractivity contribution in [3.05, 3.63) is 24.3 Å². The number of H-pyrrole nitrogens is 1. The zero-order valence-corrected chi connectivity index (χ0v) is 11.2. The second-order valence-corrected chi connectivity index (χ2v) is 5.23. The second kappa shape index (κ2) is 4.56. The van der Waals surface area contributed by atoms with Crippen molar-refractivity contribution in [3.63, 3.8) is 0 Å². The Morgan fingerprint density at radius 1 is 1.32 bits per heavy atom. The van der Waals surface area contributed by atoms with Gasteiger partial charge in [-0.3, -0.25) is 5.73 Å². The van der Waals surface area contributed by atoms with Gasteiger partial charge < -0.3 is 9.29 Å². The lowest BCUT2D eigenvalue weighted by molar-refractivity contribution is -0.693. The maximum absolute atomic E-state index is 11.3. The molecule has 1 aromatic heterocycles. The summed E-state index contributed by atoms with van der Waals surface area (Å²) in [5.74, 6) is 0.708. The quantitative estimate of drug-likeness (QED) is 0.608. The lowest BCUT2D eigenvalue weighted by atomic mass is 10.1. The van der Waals surface area contributed by atoms with E-state index in [1.54, 1.807) is 24.3 Å². The monoisotopic (exact) mass is 283 g/mol. The molecule has 0 spiro atoms. The van der Waals surface area contributed by atoms with Gasteiger partial charge in [0.15, 0.2) is 15.8 Å². The number of aromatic amines is 1. The number of nitrogens with zero attached hydrogens (tertiary/aromatic N) is 1. The topological polar surface area (TPSA) is 112 Å². The van der Waals surface area contributed by atoms with Crippen LogP contribution in [-0.4, -0.2) is 25.1 Å². The molecule has 0 fully saturated rings. The molecule has 0 unspecified atom stereocenters. The maximum atomic E-state index is 11.3. The van der Waals surface area contributed by atoms with Gasteiger partial charge in [-0.2, -0.15) is 0 Å². The summed E-state index contributed by atoms with van der Waals surface area (Å²) in [4.78, 5) is 2.69. The molecule has 0 radical (unpaired) electrons. The van der Waals surface area contributed by atoms with Crippen molar-refractivity contribution >= 4 is 16.1 Å². The van der Waals surface area contributed by atoms with Crippen LogP contribution in [0.1, 0.15) is 0 Å². The van der Waals surface area contributed by atoms with Crippen molar-refractivity contribution in [1.82, 2.24) is 4.98 Å². The molecule has 0 atom stereocenters. The fourth-order valence-corrected chi connectivity index (χ4v) is 2.64. The van der Waals surface area contributed by atoms with Gasteiger partial charge in [-0.1, -0.05) is 0 Å². The third-order valence-electron chi connectivity index (χ3n) is 2.75. The number of nitrogens with two attached hydrogens (primary N) is 1. The molecule has 3 N–H and O–H groups in total. The predicted octanol–water partition coefficient (Wildman–Crippen LogP) is 0.00110. The van der Waals surface area contributed by atoms with Crippen LogP contribution in [-0.2, 0) is 17.2 Å². The molecule has 1 heterocycles. The molecule has 2 aromatic rings. The van der Waals surface area contributed by atoms with E-state index >= 15 is 0 Å². The zero-order valence-electron chi connectivity index (χ0n) is 10.4. The highest BCUT2D eigenvalue weighted by Gasteiger charge is 2.24. The summed E-state index contributed by atoms with van der Waals surface area (Å²) in [5, 5.41) is -0.393. The van der Waals surface area contributed by atoms with E-state index in [9.17, 15) is 13.0 Å². The number of benzene rings is 1. The first-order valence-corrected chi connectivity index (χ1v) is 6.73. The van der Waals surface area contributed by atoms with E-state index < -0.39 is 15.1 Å². The highest BCUT2D eigenvalue weighted by atomic mass is 32.2. The number of methoxy groups -OCH3 is 1. The van der Waals surface area contributed by atoms with Crippen LogP contribution in [0.5, 0.6) is 5.75 Å². The van der Waals surface area contributed by atoms with Crippen LogP contribution >= 0.6 is 0 Å². The minimum absolute atomic E-state index is 0.0836. The fraction of sp³-hybridized carbons (Fsp3) is 0.182. The van der Waals surface area contributed by atoms with Crippen LogP contribution < -0.4 is 15.0 Å². The molecule has 102 valence electrons. The van der Waals surface area contributed by atoms with Crippen molar-refractivity contribution < 1.29 is 22.3 Å². The molecular weight excluding hydrogens is 270 g/mol. The summed E-state index contributed by atoms with van der Waals surface area (Å²) in [6.07, 6.45) is 0. The average Bonchev–Trinajstić information content (AvgIpc) is 2.65. The molecule has 0 amide bonds. The predicted molar refractivity (Wildman–Crippen MR) is 66.3 cm³/mol. The zero-order chi connectivity index (χ0) is 14.2. The number of hydrogen-bond donors (Lipinski definition) is 2. The summed E-state index contributed by atoms with van der Waals surface area (Å²) < 4.78 is 40.0. The molecule has 0 saturated heterocycles. The van der Waals surface area contributed by atoms with Gasteiger partial charge >= 0.3 is 5.95 Å². The smallest absolute Gasteiger partial charge is 0.353 e. The van der Waals surface area contributed by atoms with E-state index in [0.717, 1.165) is 4.57 Å². The van der Waals surface area contributed by atoms with Crippen LogP contribution in [0.25, 0.3) is 11.3 Å². The largest absolute Gasteiger partial charge is 0.742 e.